The molecule has 0 aliphatic heterocycles. The molecule has 2 aromatic carbocycles. The summed E-state index contributed by atoms with van der Waals surface area (Å²) in [6.45, 7) is 0. The molecule has 1 N–H and O–H groups in total. The lowest BCUT2D eigenvalue weighted by molar-refractivity contribution is 0.101. The molecule has 0 saturated heterocycles. The van der Waals surface area contributed by atoms with E-state index in [1.807, 2.05) is 30.3 Å². The molecule has 0 aliphatic rings. The number of benzene rings is 2. The van der Waals surface area contributed by atoms with Crippen LogP contribution in [0.1, 0.15) is 10.4 Å². The lowest BCUT2D eigenvalue weighted by atomic mass is 10.1. The minimum atomic E-state index is -0.485. The number of amides is 1. The Labute approximate surface area is 175 Å². The summed E-state index contributed by atoms with van der Waals surface area (Å²) < 4.78 is 2.74. The molecular weight excluding hydrogens is 402 g/mol. The highest BCUT2D eigenvalue weighted by atomic mass is 35.5. The third-order valence-electron chi connectivity index (χ3n) is 4.82. The smallest absolute Gasteiger partial charge is 0.267 e. The Morgan fingerprint density at radius 3 is 2.53 bits per heavy atom. The van der Waals surface area contributed by atoms with Crippen molar-refractivity contribution in [3.8, 4) is 11.1 Å². The normalized spacial score (nSPS) is 11.1. The number of carbonyl (C=O) groups excluding carboxylic acids is 1. The van der Waals surface area contributed by atoms with E-state index in [0.29, 0.717) is 21.6 Å². The van der Waals surface area contributed by atoms with Crippen LogP contribution in [0, 0.1) is 0 Å². The second kappa shape index (κ2) is 7.13. The van der Waals surface area contributed by atoms with Crippen molar-refractivity contribution in [2.45, 2.75) is 0 Å². The summed E-state index contributed by atoms with van der Waals surface area (Å²) in [7, 11) is 0. The summed E-state index contributed by atoms with van der Waals surface area (Å²) in [6, 6.07) is 18.1. The number of hydrogen-bond donors (Lipinski definition) is 1. The number of pyridine rings is 1. The monoisotopic (exact) mass is 415 g/mol. The lowest BCUT2D eigenvalue weighted by Crippen LogP contribution is -2.33. The van der Waals surface area contributed by atoms with Crippen LogP contribution in [0.3, 0.4) is 0 Å². The van der Waals surface area contributed by atoms with Gasteiger partial charge in [-0.15, -0.1) is 0 Å². The summed E-state index contributed by atoms with van der Waals surface area (Å²) in [6.07, 6.45) is 4.71. The zero-order chi connectivity index (χ0) is 20.7. The maximum atomic E-state index is 12.9. The van der Waals surface area contributed by atoms with Gasteiger partial charge in [0.1, 0.15) is 0 Å². The van der Waals surface area contributed by atoms with Gasteiger partial charge in [-0.3, -0.25) is 15.0 Å². The van der Waals surface area contributed by atoms with E-state index >= 15 is 0 Å². The van der Waals surface area contributed by atoms with Crippen LogP contribution in [0.15, 0.2) is 84.0 Å². The maximum Gasteiger partial charge on any atom is 0.280 e. The molecule has 0 fully saturated rings. The van der Waals surface area contributed by atoms with Crippen molar-refractivity contribution >= 4 is 34.1 Å². The maximum absolute atomic E-state index is 12.9. The topological polar surface area (TPSA) is 81.3 Å². The zero-order valence-corrected chi connectivity index (χ0v) is 16.2. The summed E-state index contributed by atoms with van der Waals surface area (Å²) in [5, 5.41) is 5.04. The molecule has 0 spiro atoms. The largest absolute Gasteiger partial charge is 0.280 e. The molecule has 0 radical (unpaired) electrons. The fourth-order valence-electron chi connectivity index (χ4n) is 3.34. The van der Waals surface area contributed by atoms with E-state index in [-0.39, 0.29) is 5.56 Å². The fraction of sp³-hybridized carbons (Fsp3) is 0. The van der Waals surface area contributed by atoms with Gasteiger partial charge in [0.2, 0.25) is 0 Å². The molecule has 5 rings (SSSR count). The predicted octanol–water partition coefficient (Wildman–Crippen LogP) is 3.75. The van der Waals surface area contributed by atoms with Crippen LogP contribution >= 0.6 is 11.6 Å². The molecule has 3 heterocycles. The molecule has 30 heavy (non-hydrogen) atoms. The van der Waals surface area contributed by atoms with Crippen LogP contribution in [0.4, 0.5) is 0 Å². The fourth-order valence-corrected chi connectivity index (χ4v) is 3.56. The quantitative estimate of drug-likeness (QED) is 0.486. The van der Waals surface area contributed by atoms with Crippen LogP contribution in [0.2, 0.25) is 5.02 Å². The van der Waals surface area contributed by atoms with Gasteiger partial charge >= 0.3 is 0 Å². The average molecular weight is 416 g/mol. The number of nitrogens with zero attached hydrogens (tertiary/aromatic N) is 4. The molecule has 3 aromatic heterocycles. The predicted molar refractivity (Wildman–Crippen MR) is 115 cm³/mol. The highest BCUT2D eigenvalue weighted by Gasteiger charge is 2.15. The van der Waals surface area contributed by atoms with E-state index in [9.17, 15) is 9.59 Å². The summed E-state index contributed by atoms with van der Waals surface area (Å²) in [5.41, 5.74) is 5.51. The van der Waals surface area contributed by atoms with E-state index in [2.05, 4.69) is 15.5 Å². The van der Waals surface area contributed by atoms with Crippen molar-refractivity contribution in [2.75, 3.05) is 5.43 Å². The average Bonchev–Trinajstić information content (AvgIpc) is 3.21. The number of fused-ring (bicyclic) bond motifs is 3. The van der Waals surface area contributed by atoms with Crippen molar-refractivity contribution in [1.82, 2.24) is 19.3 Å². The summed E-state index contributed by atoms with van der Waals surface area (Å²) in [5.74, 6) is -0.485. The van der Waals surface area contributed by atoms with Crippen molar-refractivity contribution in [2.24, 2.45) is 0 Å². The molecule has 0 bridgehead atoms. The van der Waals surface area contributed by atoms with Gasteiger partial charge in [0.15, 0.2) is 5.65 Å². The van der Waals surface area contributed by atoms with Crippen molar-refractivity contribution in [3.05, 3.63) is 100 Å². The zero-order valence-electron chi connectivity index (χ0n) is 15.5. The van der Waals surface area contributed by atoms with Crippen LogP contribution in [-0.2, 0) is 0 Å². The first-order valence-electron chi connectivity index (χ1n) is 9.13. The van der Waals surface area contributed by atoms with Gasteiger partial charge in [0, 0.05) is 18.0 Å². The van der Waals surface area contributed by atoms with Crippen LogP contribution in [0.25, 0.3) is 27.7 Å². The van der Waals surface area contributed by atoms with Gasteiger partial charge in [-0.05, 0) is 23.8 Å². The first-order chi connectivity index (χ1) is 14.6. The Kier molecular flexibility index (Phi) is 4.30. The first kappa shape index (κ1) is 18.1. The Bertz CT molecular complexity index is 1470. The van der Waals surface area contributed by atoms with Crippen molar-refractivity contribution < 1.29 is 4.79 Å². The highest BCUT2D eigenvalue weighted by Crippen LogP contribution is 2.24. The SMILES string of the molecule is O=C(Nn1ccc2c(cnc3c(-c4ccccc4)cnn32)c1=O)c1ccccc1Cl. The Hall–Kier alpha value is -3.97. The minimum absolute atomic E-state index is 0.277. The molecule has 0 saturated carbocycles. The molecule has 0 unspecified atom stereocenters. The van der Waals surface area contributed by atoms with Crippen molar-refractivity contribution in [1.29, 1.82) is 0 Å². The molecule has 0 aliphatic carbocycles. The van der Waals surface area contributed by atoms with Crippen LogP contribution in [0.5, 0.6) is 0 Å². The molecule has 8 heteroatoms. The van der Waals surface area contributed by atoms with E-state index in [1.54, 1.807) is 41.0 Å². The molecule has 146 valence electrons. The van der Waals surface area contributed by atoms with Gasteiger partial charge in [0.25, 0.3) is 11.5 Å². The Balaban J connectivity index is 1.58. The van der Waals surface area contributed by atoms with Gasteiger partial charge in [-0.25, -0.2) is 14.2 Å². The third-order valence-corrected chi connectivity index (χ3v) is 5.15. The highest BCUT2D eigenvalue weighted by molar-refractivity contribution is 6.34. The van der Waals surface area contributed by atoms with E-state index in [4.69, 9.17) is 11.6 Å². The second-order valence-corrected chi connectivity index (χ2v) is 7.04. The standard InChI is InChI=1S/C22H14ClN5O2/c23-18-9-5-4-8-15(18)21(29)26-27-11-10-19-17(22(27)30)12-24-20-16(13-25-28(19)20)14-6-2-1-3-7-14/h1-13H,(H,26,29). The van der Waals surface area contributed by atoms with Crippen LogP contribution < -0.4 is 11.0 Å². The number of nitrogens with one attached hydrogen (secondary N) is 1. The molecular formula is C22H14ClN5O2. The van der Waals surface area contributed by atoms with Gasteiger partial charge in [-0.1, -0.05) is 54.1 Å². The lowest BCUT2D eigenvalue weighted by Gasteiger charge is -2.10. The van der Waals surface area contributed by atoms with E-state index in [0.717, 1.165) is 15.8 Å². The molecule has 7 nitrogen and oxygen atoms in total. The Morgan fingerprint density at radius 2 is 1.73 bits per heavy atom. The second-order valence-electron chi connectivity index (χ2n) is 6.63. The van der Waals surface area contributed by atoms with Gasteiger partial charge in [-0.2, -0.15) is 5.10 Å². The molecule has 0 atom stereocenters. The number of rotatable bonds is 3. The first-order valence-corrected chi connectivity index (χ1v) is 9.51. The number of carbonyl (C=O) groups is 1. The molecule has 5 aromatic rings. The van der Waals surface area contributed by atoms with E-state index < -0.39 is 11.5 Å². The van der Waals surface area contributed by atoms with E-state index in [1.165, 1.54) is 12.4 Å². The van der Waals surface area contributed by atoms with Gasteiger partial charge in [0.05, 0.1) is 27.7 Å². The summed E-state index contributed by atoms with van der Waals surface area (Å²) in [4.78, 5) is 29.9. The van der Waals surface area contributed by atoms with Gasteiger partial charge < -0.3 is 0 Å². The van der Waals surface area contributed by atoms with Crippen molar-refractivity contribution in [3.63, 3.8) is 0 Å². The third kappa shape index (κ3) is 2.92. The number of halogens is 1. The van der Waals surface area contributed by atoms with Crippen LogP contribution in [-0.4, -0.2) is 25.2 Å². The minimum Gasteiger partial charge on any atom is -0.267 e. The number of hydrogen-bond acceptors (Lipinski definition) is 4. The summed E-state index contributed by atoms with van der Waals surface area (Å²) >= 11 is 6.07. The molecule has 1 amide bonds. The Morgan fingerprint density at radius 1 is 0.967 bits per heavy atom. The number of aromatic nitrogens is 4.